The van der Waals surface area contributed by atoms with Gasteiger partial charge in [0.05, 0.1) is 0 Å². The van der Waals surface area contributed by atoms with Crippen LogP contribution in [0, 0.1) is 0 Å². The van der Waals surface area contributed by atoms with Crippen LogP contribution in [0.2, 0.25) is 0 Å². The number of pyridine rings is 1. The Morgan fingerprint density at radius 2 is 1.30 bits per heavy atom. The maximum Gasteiger partial charge on any atom is 0.0267 e. The van der Waals surface area contributed by atoms with E-state index >= 15 is 0 Å². The van der Waals surface area contributed by atoms with Crippen LogP contribution < -0.4 is 0 Å². The molecule has 0 atom stereocenters. The molecule has 56 valence electrons. The summed E-state index contributed by atoms with van der Waals surface area (Å²) < 4.78 is 0. The molecular weight excluding hydrogens is 124 g/mol. The molecule has 0 fully saturated rings. The first-order valence-corrected chi connectivity index (χ1v) is 3.19. The highest BCUT2D eigenvalue weighted by Gasteiger charge is 1.58. The molecule has 0 aliphatic heterocycles. The lowest BCUT2D eigenvalue weighted by molar-refractivity contribution is 0.505. The summed E-state index contributed by atoms with van der Waals surface area (Å²) in [5.41, 5.74) is 0. The summed E-state index contributed by atoms with van der Waals surface area (Å²) in [6.45, 7) is 0. The first kappa shape index (κ1) is 9.11. The summed E-state index contributed by atoms with van der Waals surface area (Å²) in [7, 11) is 6.00. The van der Waals surface area contributed by atoms with Crippen LogP contribution in [0.1, 0.15) is 0 Å². The van der Waals surface area contributed by atoms with E-state index in [1.54, 1.807) is 12.4 Å². The number of hydrogen-bond acceptors (Lipinski definition) is 2. The van der Waals surface area contributed by atoms with E-state index in [2.05, 4.69) is 4.98 Å². The predicted molar refractivity (Wildman–Crippen MR) is 43.8 cm³/mol. The molecule has 1 heterocycles. The minimum absolute atomic E-state index is 1.75. The summed E-state index contributed by atoms with van der Waals surface area (Å²) in [6, 6.07) is 5.72. The molecular formula is C8H14N2. The molecule has 0 aromatic carbocycles. The van der Waals surface area contributed by atoms with Crippen molar-refractivity contribution in [2.75, 3.05) is 21.1 Å². The second kappa shape index (κ2) is 6.23. The second-order valence-corrected chi connectivity index (χ2v) is 2.37. The topological polar surface area (TPSA) is 16.1 Å². The van der Waals surface area contributed by atoms with Gasteiger partial charge in [0.25, 0.3) is 0 Å². The van der Waals surface area contributed by atoms with Crippen molar-refractivity contribution in [1.82, 2.24) is 9.88 Å². The maximum atomic E-state index is 3.78. The molecule has 2 heteroatoms. The van der Waals surface area contributed by atoms with Crippen molar-refractivity contribution >= 4 is 0 Å². The Labute approximate surface area is 62.5 Å². The maximum absolute atomic E-state index is 3.78. The monoisotopic (exact) mass is 138 g/mol. The van der Waals surface area contributed by atoms with Crippen molar-refractivity contribution in [2.45, 2.75) is 0 Å². The summed E-state index contributed by atoms with van der Waals surface area (Å²) in [6.07, 6.45) is 3.50. The molecule has 2 nitrogen and oxygen atoms in total. The third-order valence-corrected chi connectivity index (χ3v) is 0.566. The van der Waals surface area contributed by atoms with E-state index < -0.39 is 0 Å². The largest absolute Gasteiger partial charge is 0.312 e. The van der Waals surface area contributed by atoms with Gasteiger partial charge in [-0.3, -0.25) is 4.98 Å². The van der Waals surface area contributed by atoms with Gasteiger partial charge in [0.1, 0.15) is 0 Å². The van der Waals surface area contributed by atoms with Gasteiger partial charge < -0.3 is 4.90 Å². The van der Waals surface area contributed by atoms with Crippen LogP contribution in [0.25, 0.3) is 0 Å². The molecule has 0 bridgehead atoms. The molecule has 1 rings (SSSR count). The lowest BCUT2D eigenvalue weighted by atomic mass is 10.5. The Morgan fingerprint density at radius 1 is 0.900 bits per heavy atom. The highest BCUT2D eigenvalue weighted by atomic mass is 15.0. The number of rotatable bonds is 0. The first-order chi connectivity index (χ1) is 4.73. The Morgan fingerprint density at radius 3 is 1.40 bits per heavy atom. The van der Waals surface area contributed by atoms with Crippen LogP contribution in [0.5, 0.6) is 0 Å². The van der Waals surface area contributed by atoms with E-state index in [0.717, 1.165) is 0 Å². The van der Waals surface area contributed by atoms with Crippen molar-refractivity contribution in [3.8, 4) is 0 Å². The van der Waals surface area contributed by atoms with Crippen LogP contribution >= 0.6 is 0 Å². The van der Waals surface area contributed by atoms with E-state index in [4.69, 9.17) is 0 Å². The molecule has 0 amide bonds. The fourth-order valence-corrected chi connectivity index (χ4v) is 0.313. The molecule has 0 aliphatic rings. The van der Waals surface area contributed by atoms with Gasteiger partial charge >= 0.3 is 0 Å². The van der Waals surface area contributed by atoms with Crippen molar-refractivity contribution in [2.24, 2.45) is 0 Å². The number of aromatic nitrogens is 1. The molecule has 1 aromatic rings. The van der Waals surface area contributed by atoms with Crippen LogP contribution in [-0.4, -0.2) is 31.0 Å². The van der Waals surface area contributed by atoms with Crippen molar-refractivity contribution < 1.29 is 0 Å². The molecule has 0 radical (unpaired) electrons. The fraction of sp³-hybridized carbons (Fsp3) is 0.375. The molecule has 0 saturated heterocycles. The smallest absolute Gasteiger partial charge is 0.0267 e. The minimum Gasteiger partial charge on any atom is -0.312 e. The van der Waals surface area contributed by atoms with Gasteiger partial charge in [-0.25, -0.2) is 0 Å². The van der Waals surface area contributed by atoms with E-state index in [1.807, 2.05) is 44.2 Å². The lowest BCUT2D eigenvalue weighted by Gasteiger charge is -1.90. The third-order valence-electron chi connectivity index (χ3n) is 0.566. The molecule has 0 unspecified atom stereocenters. The number of hydrogen-bond donors (Lipinski definition) is 0. The van der Waals surface area contributed by atoms with Crippen LogP contribution in [-0.2, 0) is 0 Å². The quantitative estimate of drug-likeness (QED) is 0.536. The standard InChI is InChI=1S/C5H5N.C3H9N/c1-2-4-6-5-3-1;1-4(2)3/h1-5H;1-3H3. The van der Waals surface area contributed by atoms with E-state index in [9.17, 15) is 0 Å². The summed E-state index contributed by atoms with van der Waals surface area (Å²) in [4.78, 5) is 5.78. The highest BCUT2D eigenvalue weighted by molar-refractivity contribution is 4.88. The van der Waals surface area contributed by atoms with Crippen LogP contribution in [0.3, 0.4) is 0 Å². The number of nitrogens with zero attached hydrogens (tertiary/aromatic N) is 2. The zero-order valence-electron chi connectivity index (χ0n) is 6.78. The van der Waals surface area contributed by atoms with E-state index in [1.165, 1.54) is 0 Å². The highest BCUT2D eigenvalue weighted by Crippen LogP contribution is 1.73. The average Bonchev–Trinajstić information content (AvgIpc) is 1.90. The summed E-state index contributed by atoms with van der Waals surface area (Å²) in [5.74, 6) is 0. The summed E-state index contributed by atoms with van der Waals surface area (Å²) >= 11 is 0. The zero-order chi connectivity index (χ0) is 7.82. The molecule has 0 saturated carbocycles. The van der Waals surface area contributed by atoms with Crippen molar-refractivity contribution in [3.05, 3.63) is 30.6 Å². The van der Waals surface area contributed by atoms with Crippen molar-refractivity contribution in [1.29, 1.82) is 0 Å². The second-order valence-electron chi connectivity index (χ2n) is 2.37. The SMILES string of the molecule is CN(C)C.c1ccncc1. The molecule has 0 spiro atoms. The van der Waals surface area contributed by atoms with Crippen molar-refractivity contribution in [3.63, 3.8) is 0 Å². The normalized spacial score (nSPS) is 8.40. The van der Waals surface area contributed by atoms with E-state index in [-0.39, 0.29) is 0 Å². The van der Waals surface area contributed by atoms with Gasteiger partial charge in [-0.15, -0.1) is 0 Å². The van der Waals surface area contributed by atoms with Gasteiger partial charge in [-0.1, -0.05) is 6.07 Å². The minimum atomic E-state index is 1.75. The summed E-state index contributed by atoms with van der Waals surface area (Å²) in [5, 5.41) is 0. The zero-order valence-corrected chi connectivity index (χ0v) is 6.78. The molecule has 0 aliphatic carbocycles. The van der Waals surface area contributed by atoms with Gasteiger partial charge in [0.15, 0.2) is 0 Å². The van der Waals surface area contributed by atoms with E-state index in [0.29, 0.717) is 0 Å². The predicted octanol–water partition coefficient (Wildman–Crippen LogP) is 1.26. The van der Waals surface area contributed by atoms with Gasteiger partial charge in [-0.05, 0) is 33.3 Å². The Balaban J connectivity index is 0.000000180. The fourth-order valence-electron chi connectivity index (χ4n) is 0.313. The third kappa shape index (κ3) is 10.2. The molecule has 10 heavy (non-hydrogen) atoms. The lowest BCUT2D eigenvalue weighted by Crippen LogP contribution is -1.99. The first-order valence-electron chi connectivity index (χ1n) is 3.19. The van der Waals surface area contributed by atoms with Gasteiger partial charge in [-0.2, -0.15) is 0 Å². The Hall–Kier alpha value is -0.890. The van der Waals surface area contributed by atoms with Gasteiger partial charge in [0, 0.05) is 12.4 Å². The molecule has 1 aromatic heterocycles. The van der Waals surface area contributed by atoms with Crippen LogP contribution in [0.4, 0.5) is 0 Å². The average molecular weight is 138 g/mol. The van der Waals surface area contributed by atoms with Crippen LogP contribution in [0.15, 0.2) is 30.6 Å². The Bertz CT molecular complexity index is 108. The molecule has 0 N–H and O–H groups in total. The Kier molecular flexibility index (Phi) is 5.68. The van der Waals surface area contributed by atoms with Gasteiger partial charge in [0.2, 0.25) is 0 Å².